The molecule has 0 aromatic heterocycles. The molecule has 0 aliphatic rings. The number of unbranched alkanes of at least 4 members (excludes halogenated alkanes) is 57. The number of nitrogens with one attached hydrogen (secondary N) is 1. The number of rotatable bonds is 74. The molecule has 0 aromatic rings. The summed E-state index contributed by atoms with van der Waals surface area (Å²) in [6.45, 7) is 4.85. The van der Waals surface area contributed by atoms with Crippen molar-refractivity contribution in [2.24, 2.45) is 0 Å². The summed E-state index contributed by atoms with van der Waals surface area (Å²) in [6.07, 6.45) is 95.0. The molecule has 0 radical (unpaired) electrons. The van der Waals surface area contributed by atoms with Crippen LogP contribution in [0.1, 0.15) is 412 Å². The van der Waals surface area contributed by atoms with Gasteiger partial charge >= 0.3 is 7.82 Å². The van der Waals surface area contributed by atoms with Gasteiger partial charge in [0.1, 0.15) is 13.2 Å². The van der Waals surface area contributed by atoms with Crippen molar-refractivity contribution < 1.29 is 32.9 Å². The zero-order valence-electron chi connectivity index (χ0n) is 60.0. The van der Waals surface area contributed by atoms with Gasteiger partial charge in [-0.05, 0) is 44.9 Å². The molecule has 0 aromatic carbocycles. The van der Waals surface area contributed by atoms with E-state index < -0.39 is 20.0 Å². The van der Waals surface area contributed by atoms with Gasteiger partial charge in [0.15, 0.2) is 0 Å². The number of amides is 1. The third-order valence-corrected chi connectivity index (χ3v) is 19.3. The first kappa shape index (κ1) is 86.7. The zero-order chi connectivity index (χ0) is 64.1. The molecule has 3 atom stereocenters. The van der Waals surface area contributed by atoms with Gasteiger partial charge in [-0.25, -0.2) is 4.57 Å². The van der Waals surface area contributed by atoms with Gasteiger partial charge in [0.25, 0.3) is 0 Å². The lowest BCUT2D eigenvalue weighted by Crippen LogP contribution is -2.45. The number of hydrogen-bond acceptors (Lipinski definition) is 5. The molecular weight excluding hydrogens is 1100 g/mol. The Morgan fingerprint density at radius 1 is 0.375 bits per heavy atom. The minimum absolute atomic E-state index is 0.0555. The third kappa shape index (κ3) is 72.2. The van der Waals surface area contributed by atoms with Crippen LogP contribution in [0.2, 0.25) is 0 Å². The zero-order valence-corrected chi connectivity index (χ0v) is 60.9. The molecular formula is C79H156N2O6P+. The Hall–Kier alpha value is -1.28. The maximum Gasteiger partial charge on any atom is 0.472 e. The number of phosphoric acid groups is 1. The molecule has 88 heavy (non-hydrogen) atoms. The Balaban J connectivity index is 3.93. The monoisotopic (exact) mass is 1260 g/mol. The molecule has 0 saturated carbocycles. The van der Waals surface area contributed by atoms with Crippen LogP contribution < -0.4 is 5.32 Å². The minimum Gasteiger partial charge on any atom is -0.387 e. The molecule has 0 saturated heterocycles. The van der Waals surface area contributed by atoms with E-state index in [4.69, 9.17) is 9.05 Å². The topological polar surface area (TPSA) is 105 Å². The van der Waals surface area contributed by atoms with Crippen LogP contribution in [-0.2, 0) is 18.4 Å². The molecule has 0 aliphatic carbocycles. The minimum atomic E-state index is -4.37. The van der Waals surface area contributed by atoms with Gasteiger partial charge in [0, 0.05) is 6.42 Å². The average molecular weight is 1260 g/mol. The Bertz CT molecular complexity index is 1530. The van der Waals surface area contributed by atoms with Crippen molar-refractivity contribution in [2.45, 2.75) is 424 Å². The van der Waals surface area contributed by atoms with Crippen molar-refractivity contribution in [3.8, 4) is 0 Å². The summed E-state index contributed by atoms with van der Waals surface area (Å²) in [5, 5.41) is 14.0. The molecule has 0 aliphatic heterocycles. The predicted molar refractivity (Wildman–Crippen MR) is 388 cm³/mol. The van der Waals surface area contributed by atoms with Crippen LogP contribution in [0.3, 0.4) is 0 Å². The standard InChI is InChI=1S/C79H155N2O6P/c1-6-8-10-12-14-16-18-20-22-24-26-28-30-32-33-34-35-36-37-38-39-40-41-42-43-44-45-46-47-49-51-53-55-57-59-61-63-65-67-69-71-73-79(83)80-77(76-87-88(84,85)86-75-74-81(3,4)5)78(82)72-70-68-66-64-62-60-58-56-54-52-50-48-31-29-27-25-23-21-19-17-15-13-11-9-7-2/h54,56,62,64,70,72,77-78,82H,6-53,55,57-61,63,65-69,71,73-76H2,1-5H3,(H-,80,83,84,85)/p+1/b56-54+,64-62+,72-70+. The van der Waals surface area contributed by atoms with Crippen LogP contribution >= 0.6 is 7.82 Å². The summed E-state index contributed by atoms with van der Waals surface area (Å²) in [7, 11) is 1.56. The summed E-state index contributed by atoms with van der Waals surface area (Å²) >= 11 is 0. The van der Waals surface area contributed by atoms with Crippen molar-refractivity contribution in [3.63, 3.8) is 0 Å². The normalized spacial score (nSPS) is 13.7. The van der Waals surface area contributed by atoms with Crippen molar-refractivity contribution in [1.29, 1.82) is 0 Å². The fraction of sp³-hybridized carbons (Fsp3) is 0.911. The van der Waals surface area contributed by atoms with Crippen molar-refractivity contribution in [2.75, 3.05) is 40.9 Å². The highest BCUT2D eigenvalue weighted by Gasteiger charge is 2.28. The molecule has 0 fully saturated rings. The number of aliphatic hydroxyl groups excluding tert-OH is 1. The number of carbonyl (C=O) groups excluding carboxylic acids is 1. The van der Waals surface area contributed by atoms with Crippen LogP contribution in [-0.4, -0.2) is 73.4 Å². The third-order valence-electron chi connectivity index (χ3n) is 18.3. The smallest absolute Gasteiger partial charge is 0.387 e. The van der Waals surface area contributed by atoms with E-state index in [-0.39, 0.29) is 19.1 Å². The highest BCUT2D eigenvalue weighted by Crippen LogP contribution is 2.43. The molecule has 3 unspecified atom stereocenters. The molecule has 0 bridgehead atoms. The van der Waals surface area contributed by atoms with Gasteiger partial charge in [-0.1, -0.05) is 397 Å². The van der Waals surface area contributed by atoms with E-state index in [1.165, 1.54) is 347 Å². The number of quaternary nitrogens is 1. The lowest BCUT2D eigenvalue weighted by Gasteiger charge is -2.25. The first-order chi connectivity index (χ1) is 43.0. The number of likely N-dealkylation sites (N-methyl/N-ethyl adjacent to an activating group) is 1. The number of carbonyl (C=O) groups is 1. The van der Waals surface area contributed by atoms with Crippen molar-refractivity contribution in [3.05, 3.63) is 36.5 Å². The number of allylic oxidation sites excluding steroid dienone is 5. The molecule has 0 heterocycles. The van der Waals surface area contributed by atoms with Crippen molar-refractivity contribution >= 4 is 13.7 Å². The van der Waals surface area contributed by atoms with Crippen LogP contribution in [0.4, 0.5) is 0 Å². The fourth-order valence-electron chi connectivity index (χ4n) is 12.3. The second-order valence-electron chi connectivity index (χ2n) is 28.4. The maximum absolute atomic E-state index is 13.1. The summed E-state index contributed by atoms with van der Waals surface area (Å²) in [6, 6.07) is -0.870. The molecule has 9 heteroatoms. The summed E-state index contributed by atoms with van der Waals surface area (Å²) in [4.78, 5) is 23.4. The molecule has 0 spiro atoms. The van der Waals surface area contributed by atoms with E-state index >= 15 is 0 Å². The number of phosphoric ester groups is 1. The van der Waals surface area contributed by atoms with E-state index in [9.17, 15) is 19.4 Å². The molecule has 0 rings (SSSR count). The number of nitrogens with zero attached hydrogens (tertiary/aromatic N) is 1. The lowest BCUT2D eigenvalue weighted by atomic mass is 10.0. The van der Waals surface area contributed by atoms with Gasteiger partial charge in [-0.2, -0.15) is 0 Å². The Morgan fingerprint density at radius 3 is 0.909 bits per heavy atom. The number of hydrogen-bond donors (Lipinski definition) is 3. The van der Waals surface area contributed by atoms with Crippen LogP contribution in [0.15, 0.2) is 36.5 Å². The van der Waals surface area contributed by atoms with Gasteiger partial charge in [-0.3, -0.25) is 13.8 Å². The average Bonchev–Trinajstić information content (AvgIpc) is 3.71. The highest BCUT2D eigenvalue weighted by atomic mass is 31.2. The highest BCUT2D eigenvalue weighted by molar-refractivity contribution is 7.47. The summed E-state index contributed by atoms with van der Waals surface area (Å²) < 4.78 is 23.8. The van der Waals surface area contributed by atoms with Crippen molar-refractivity contribution in [1.82, 2.24) is 5.32 Å². The lowest BCUT2D eigenvalue weighted by molar-refractivity contribution is -0.870. The molecule has 8 nitrogen and oxygen atoms in total. The molecule has 522 valence electrons. The Labute approximate surface area is 550 Å². The van der Waals surface area contributed by atoms with E-state index in [1.54, 1.807) is 6.08 Å². The quantitative estimate of drug-likeness (QED) is 0.0243. The Kier molecular flexibility index (Phi) is 69.0. The first-order valence-electron chi connectivity index (χ1n) is 39.4. The summed E-state index contributed by atoms with van der Waals surface area (Å²) in [5.74, 6) is -0.182. The second kappa shape index (κ2) is 70.0. The SMILES string of the molecule is CCCCCCCCCCCCCCCCC/C=C/CC/C=C/CC/C=C/C(O)C(COP(=O)(O)OCC[N+](C)(C)C)NC(=O)CCCCCCCCCCCCCCCCCCCCCCCCCCCCCCCCCCCCCCCCCCC. The number of aliphatic hydroxyl groups is 1. The molecule has 3 N–H and O–H groups in total. The van der Waals surface area contributed by atoms with E-state index in [0.717, 1.165) is 44.9 Å². The summed E-state index contributed by atoms with van der Waals surface area (Å²) in [5.41, 5.74) is 0. The van der Waals surface area contributed by atoms with Gasteiger partial charge in [-0.15, -0.1) is 0 Å². The Morgan fingerprint density at radius 2 is 0.625 bits per heavy atom. The van der Waals surface area contributed by atoms with Crippen LogP contribution in [0.25, 0.3) is 0 Å². The van der Waals surface area contributed by atoms with Gasteiger partial charge < -0.3 is 19.8 Å². The van der Waals surface area contributed by atoms with Gasteiger partial charge in [0.05, 0.1) is 39.9 Å². The first-order valence-corrected chi connectivity index (χ1v) is 40.9. The van der Waals surface area contributed by atoms with Crippen LogP contribution in [0.5, 0.6) is 0 Å². The predicted octanol–water partition coefficient (Wildman–Crippen LogP) is 25.6. The van der Waals surface area contributed by atoms with E-state index in [2.05, 4.69) is 43.5 Å². The second-order valence-corrected chi connectivity index (χ2v) is 29.9. The fourth-order valence-corrected chi connectivity index (χ4v) is 13.0. The molecule has 1 amide bonds. The largest absolute Gasteiger partial charge is 0.472 e. The van der Waals surface area contributed by atoms with Gasteiger partial charge in [0.2, 0.25) is 5.91 Å². The van der Waals surface area contributed by atoms with E-state index in [1.807, 2.05) is 27.2 Å². The maximum atomic E-state index is 13.1. The van der Waals surface area contributed by atoms with Crippen LogP contribution in [0, 0.1) is 0 Å². The van der Waals surface area contributed by atoms with E-state index in [0.29, 0.717) is 17.4 Å².